The van der Waals surface area contributed by atoms with Gasteiger partial charge < -0.3 is 14.6 Å². The Labute approximate surface area is 186 Å². The molecule has 0 spiro atoms. The van der Waals surface area contributed by atoms with Gasteiger partial charge in [0.2, 0.25) is 0 Å². The van der Waals surface area contributed by atoms with E-state index in [0.717, 1.165) is 37.2 Å². The largest absolute Gasteiger partial charge is 0.497 e. The Morgan fingerprint density at radius 2 is 1.81 bits per heavy atom. The number of nitro benzene ring substituents is 1. The van der Waals surface area contributed by atoms with Crippen LogP contribution in [0.3, 0.4) is 0 Å². The Kier molecular flexibility index (Phi) is 5.27. The summed E-state index contributed by atoms with van der Waals surface area (Å²) in [4.78, 5) is 10.6. The lowest BCUT2D eigenvalue weighted by molar-refractivity contribution is -0.384. The molecule has 1 N–H and O–H groups in total. The maximum absolute atomic E-state index is 11.0. The molecule has 0 amide bonds. The van der Waals surface area contributed by atoms with Gasteiger partial charge in [-0.3, -0.25) is 10.1 Å². The zero-order chi connectivity index (χ0) is 22.1. The summed E-state index contributed by atoms with van der Waals surface area (Å²) >= 11 is 0. The number of aryl methyl sites for hydroxylation is 1. The molecule has 0 saturated carbocycles. The van der Waals surface area contributed by atoms with E-state index in [-0.39, 0.29) is 16.7 Å². The number of rotatable bonds is 6. The number of fused-ring (bicyclic) bond motifs is 3. The molecule has 1 unspecified atom stereocenters. The van der Waals surface area contributed by atoms with Gasteiger partial charge in [0.1, 0.15) is 5.75 Å². The molecule has 0 bridgehead atoms. The van der Waals surface area contributed by atoms with Crippen molar-refractivity contribution in [2.24, 2.45) is 0 Å². The van der Waals surface area contributed by atoms with Gasteiger partial charge in [-0.05, 0) is 60.7 Å². The number of ether oxygens (including phenoxy) is 1. The second kappa shape index (κ2) is 8.38. The first-order valence-corrected chi connectivity index (χ1v) is 10.9. The Balaban J connectivity index is 1.54. The van der Waals surface area contributed by atoms with Crippen molar-refractivity contribution in [3.63, 3.8) is 0 Å². The lowest BCUT2D eigenvalue weighted by Gasteiger charge is -2.27. The Bertz CT molecular complexity index is 1260. The summed E-state index contributed by atoms with van der Waals surface area (Å²) in [5.74, 6) is 0.853. The van der Waals surface area contributed by atoms with Crippen LogP contribution in [-0.2, 0) is 13.0 Å². The van der Waals surface area contributed by atoms with Crippen LogP contribution >= 0.6 is 0 Å². The fourth-order valence-electron chi connectivity index (χ4n) is 4.78. The van der Waals surface area contributed by atoms with Gasteiger partial charge in [0.05, 0.1) is 18.1 Å². The summed E-state index contributed by atoms with van der Waals surface area (Å²) in [5.41, 5.74) is 6.18. The highest BCUT2D eigenvalue weighted by Gasteiger charge is 2.27. The first-order valence-electron chi connectivity index (χ1n) is 10.9. The van der Waals surface area contributed by atoms with Gasteiger partial charge in [0.25, 0.3) is 5.69 Å². The summed E-state index contributed by atoms with van der Waals surface area (Å²) in [5, 5.41) is 16.0. The van der Waals surface area contributed by atoms with Gasteiger partial charge in [-0.15, -0.1) is 0 Å². The number of benzene rings is 3. The molecule has 1 heterocycles. The van der Waals surface area contributed by atoms with E-state index < -0.39 is 0 Å². The third-order valence-electron chi connectivity index (χ3n) is 6.29. The normalized spacial score (nSPS) is 15.3. The van der Waals surface area contributed by atoms with Gasteiger partial charge in [-0.2, -0.15) is 0 Å². The summed E-state index contributed by atoms with van der Waals surface area (Å²) in [6, 6.07) is 23.7. The molecule has 5 rings (SSSR count). The zero-order valence-corrected chi connectivity index (χ0v) is 18.0. The predicted octanol–water partition coefficient (Wildman–Crippen LogP) is 6.10. The van der Waals surface area contributed by atoms with E-state index in [2.05, 4.69) is 46.3 Å². The van der Waals surface area contributed by atoms with Gasteiger partial charge in [0.15, 0.2) is 0 Å². The summed E-state index contributed by atoms with van der Waals surface area (Å²) < 4.78 is 7.74. The monoisotopic (exact) mass is 427 g/mol. The van der Waals surface area contributed by atoms with Crippen molar-refractivity contribution < 1.29 is 9.66 Å². The van der Waals surface area contributed by atoms with Crippen molar-refractivity contribution in [1.29, 1.82) is 0 Å². The SMILES string of the molecule is COc1ccc(Cn2c3c(c4ccccc42)CCCC3Nc2ccc([N+](=O)[O-])cc2)cc1. The van der Waals surface area contributed by atoms with Crippen LogP contribution in [-0.4, -0.2) is 16.6 Å². The average molecular weight is 428 g/mol. The number of nitro groups is 1. The molecular weight excluding hydrogens is 402 g/mol. The standard InChI is InChI=1S/C26H25N3O3/c1-32-21-15-9-18(10-16-21)17-28-25-8-3-2-5-22(25)23-6-4-7-24(26(23)28)27-19-11-13-20(14-12-19)29(30)31/h2-3,5,8-16,24,27H,4,6-7,17H2,1H3. The minimum atomic E-state index is -0.366. The van der Waals surface area contributed by atoms with E-state index in [9.17, 15) is 10.1 Å². The number of anilines is 1. The van der Waals surface area contributed by atoms with Crippen molar-refractivity contribution >= 4 is 22.3 Å². The molecule has 0 fully saturated rings. The van der Waals surface area contributed by atoms with E-state index >= 15 is 0 Å². The number of hydrogen-bond acceptors (Lipinski definition) is 4. The van der Waals surface area contributed by atoms with E-state index in [1.807, 2.05) is 12.1 Å². The molecule has 3 aromatic carbocycles. The van der Waals surface area contributed by atoms with Crippen LogP contribution in [0.15, 0.2) is 72.8 Å². The molecule has 0 radical (unpaired) electrons. The average Bonchev–Trinajstić information content (AvgIpc) is 3.14. The van der Waals surface area contributed by atoms with Crippen LogP contribution in [0.1, 0.15) is 35.7 Å². The van der Waals surface area contributed by atoms with Gasteiger partial charge >= 0.3 is 0 Å². The molecule has 1 aromatic heterocycles. The number of aromatic nitrogens is 1. The van der Waals surface area contributed by atoms with Crippen LogP contribution in [0.4, 0.5) is 11.4 Å². The molecule has 1 atom stereocenters. The third kappa shape index (κ3) is 3.68. The lowest BCUT2D eigenvalue weighted by atomic mass is 9.91. The van der Waals surface area contributed by atoms with Crippen LogP contribution in [0.5, 0.6) is 5.75 Å². The third-order valence-corrected chi connectivity index (χ3v) is 6.29. The van der Waals surface area contributed by atoms with Crippen molar-refractivity contribution in [1.82, 2.24) is 4.57 Å². The number of nitrogens with zero attached hydrogens (tertiary/aromatic N) is 2. The van der Waals surface area contributed by atoms with Crippen LogP contribution < -0.4 is 10.1 Å². The molecule has 1 aliphatic carbocycles. The second-order valence-electron chi connectivity index (χ2n) is 8.21. The predicted molar refractivity (Wildman–Crippen MR) is 126 cm³/mol. The highest BCUT2D eigenvalue weighted by atomic mass is 16.6. The van der Waals surface area contributed by atoms with Gasteiger partial charge in [-0.1, -0.05) is 30.3 Å². The first kappa shape index (κ1) is 20.1. The minimum absolute atomic E-state index is 0.105. The highest BCUT2D eigenvalue weighted by molar-refractivity contribution is 5.86. The maximum Gasteiger partial charge on any atom is 0.269 e. The number of non-ortho nitro benzene ring substituents is 1. The number of hydrogen-bond donors (Lipinski definition) is 1. The number of methoxy groups -OCH3 is 1. The van der Waals surface area contributed by atoms with Gasteiger partial charge in [0, 0.05) is 41.0 Å². The molecule has 0 saturated heterocycles. The smallest absolute Gasteiger partial charge is 0.269 e. The molecular formula is C26H25N3O3. The summed E-state index contributed by atoms with van der Waals surface area (Å²) in [6.45, 7) is 0.776. The fraction of sp³-hybridized carbons (Fsp3) is 0.231. The van der Waals surface area contributed by atoms with Crippen molar-refractivity contribution in [3.05, 3.63) is 99.7 Å². The fourth-order valence-corrected chi connectivity index (χ4v) is 4.78. The number of para-hydroxylation sites is 1. The molecule has 32 heavy (non-hydrogen) atoms. The molecule has 4 aromatic rings. The lowest BCUT2D eigenvalue weighted by Crippen LogP contribution is -2.21. The van der Waals surface area contributed by atoms with E-state index in [1.54, 1.807) is 31.4 Å². The van der Waals surface area contributed by atoms with Crippen LogP contribution in [0.25, 0.3) is 10.9 Å². The first-order chi connectivity index (χ1) is 15.6. The van der Waals surface area contributed by atoms with Crippen molar-refractivity contribution in [3.8, 4) is 5.75 Å². The number of nitrogens with one attached hydrogen (secondary N) is 1. The highest BCUT2D eigenvalue weighted by Crippen LogP contribution is 2.39. The Morgan fingerprint density at radius 3 is 2.53 bits per heavy atom. The topological polar surface area (TPSA) is 69.3 Å². The maximum atomic E-state index is 11.0. The minimum Gasteiger partial charge on any atom is -0.497 e. The second-order valence-corrected chi connectivity index (χ2v) is 8.21. The molecule has 1 aliphatic rings. The van der Waals surface area contributed by atoms with Crippen LogP contribution in [0.2, 0.25) is 0 Å². The quantitative estimate of drug-likeness (QED) is 0.298. The Morgan fingerprint density at radius 1 is 1.06 bits per heavy atom. The summed E-state index contributed by atoms with van der Waals surface area (Å²) in [6.07, 6.45) is 3.18. The Hall–Kier alpha value is -3.80. The van der Waals surface area contributed by atoms with Gasteiger partial charge in [-0.25, -0.2) is 0 Å². The van der Waals surface area contributed by atoms with Crippen LogP contribution in [0, 0.1) is 10.1 Å². The van der Waals surface area contributed by atoms with Crippen molar-refractivity contribution in [2.75, 3.05) is 12.4 Å². The summed E-state index contributed by atoms with van der Waals surface area (Å²) in [7, 11) is 1.68. The van der Waals surface area contributed by atoms with E-state index in [4.69, 9.17) is 4.74 Å². The van der Waals surface area contributed by atoms with Crippen molar-refractivity contribution in [2.45, 2.75) is 31.8 Å². The molecule has 162 valence electrons. The zero-order valence-electron chi connectivity index (χ0n) is 18.0. The molecule has 0 aliphatic heterocycles. The van der Waals surface area contributed by atoms with E-state index in [0.29, 0.717) is 0 Å². The molecule has 6 nitrogen and oxygen atoms in total. The molecule has 6 heteroatoms. The van der Waals surface area contributed by atoms with E-state index in [1.165, 1.54) is 27.7 Å².